The molecule has 0 atom stereocenters. The van der Waals surface area contributed by atoms with Gasteiger partial charge in [-0.15, -0.1) is 0 Å². The fourth-order valence-corrected chi connectivity index (χ4v) is 1.43. The molecule has 0 aliphatic carbocycles. The van der Waals surface area contributed by atoms with Gasteiger partial charge in [0, 0.05) is 19.5 Å². The number of nitrogens with zero attached hydrogens (tertiary/aromatic N) is 3. The standard InChI is InChI=1S/C11H12FN3O/c1-8-6-15(14-10(8)7-16-2)11-9(12)4-3-5-13-11/h3-6H,7H2,1-2H3. The number of rotatable bonds is 3. The van der Waals surface area contributed by atoms with E-state index in [0.717, 1.165) is 11.3 Å². The molecule has 4 nitrogen and oxygen atoms in total. The van der Waals surface area contributed by atoms with Gasteiger partial charge >= 0.3 is 0 Å². The van der Waals surface area contributed by atoms with Gasteiger partial charge in [0.25, 0.3) is 0 Å². The zero-order valence-electron chi connectivity index (χ0n) is 9.14. The van der Waals surface area contributed by atoms with Crippen LogP contribution in [-0.4, -0.2) is 21.9 Å². The third kappa shape index (κ3) is 1.94. The smallest absolute Gasteiger partial charge is 0.189 e. The molecule has 0 N–H and O–H groups in total. The average molecular weight is 221 g/mol. The molecule has 0 fully saturated rings. The summed E-state index contributed by atoms with van der Waals surface area (Å²) in [5.41, 5.74) is 1.74. The van der Waals surface area contributed by atoms with Gasteiger partial charge in [-0.25, -0.2) is 14.1 Å². The van der Waals surface area contributed by atoms with Gasteiger partial charge in [-0.1, -0.05) is 0 Å². The molecule has 0 aromatic carbocycles. The van der Waals surface area contributed by atoms with Crippen LogP contribution in [0.5, 0.6) is 0 Å². The van der Waals surface area contributed by atoms with Crippen LogP contribution in [0.4, 0.5) is 4.39 Å². The van der Waals surface area contributed by atoms with Crippen molar-refractivity contribution < 1.29 is 9.13 Å². The summed E-state index contributed by atoms with van der Waals surface area (Å²) in [6, 6.07) is 2.90. The zero-order valence-corrected chi connectivity index (χ0v) is 9.14. The SMILES string of the molecule is COCc1nn(-c2ncccc2F)cc1C. The molecule has 0 saturated carbocycles. The Kier molecular flexibility index (Phi) is 2.96. The summed E-state index contributed by atoms with van der Waals surface area (Å²) < 4.78 is 19.9. The van der Waals surface area contributed by atoms with Crippen molar-refractivity contribution in [1.82, 2.24) is 14.8 Å². The number of ether oxygens (including phenoxy) is 1. The Morgan fingerprint density at radius 3 is 3.00 bits per heavy atom. The lowest BCUT2D eigenvalue weighted by Crippen LogP contribution is -2.02. The fraction of sp³-hybridized carbons (Fsp3) is 0.273. The number of aryl methyl sites for hydroxylation is 1. The summed E-state index contributed by atoms with van der Waals surface area (Å²) >= 11 is 0. The maximum Gasteiger partial charge on any atom is 0.189 e. The van der Waals surface area contributed by atoms with E-state index in [1.54, 1.807) is 19.4 Å². The van der Waals surface area contributed by atoms with E-state index in [0.29, 0.717) is 6.61 Å². The van der Waals surface area contributed by atoms with Gasteiger partial charge in [0.2, 0.25) is 0 Å². The van der Waals surface area contributed by atoms with Gasteiger partial charge < -0.3 is 4.74 Å². The normalized spacial score (nSPS) is 10.7. The third-order valence-electron chi connectivity index (χ3n) is 2.24. The van der Waals surface area contributed by atoms with E-state index in [2.05, 4.69) is 10.1 Å². The van der Waals surface area contributed by atoms with Gasteiger partial charge in [0.1, 0.15) is 0 Å². The first-order valence-corrected chi connectivity index (χ1v) is 4.87. The monoisotopic (exact) mass is 221 g/mol. The summed E-state index contributed by atoms with van der Waals surface area (Å²) in [6.45, 7) is 2.31. The van der Waals surface area contributed by atoms with E-state index < -0.39 is 5.82 Å². The lowest BCUT2D eigenvalue weighted by Gasteiger charge is -2.00. The van der Waals surface area contributed by atoms with Crippen LogP contribution in [0.2, 0.25) is 0 Å². The second kappa shape index (κ2) is 4.40. The molecule has 0 bridgehead atoms. The van der Waals surface area contributed by atoms with Crippen molar-refractivity contribution in [3.8, 4) is 5.82 Å². The van der Waals surface area contributed by atoms with Crippen LogP contribution in [0.25, 0.3) is 5.82 Å². The molecular weight excluding hydrogens is 209 g/mol. The number of methoxy groups -OCH3 is 1. The summed E-state index contributed by atoms with van der Waals surface area (Å²) in [4.78, 5) is 3.95. The predicted octanol–water partition coefficient (Wildman–Crippen LogP) is 1.86. The first kappa shape index (κ1) is 10.8. The van der Waals surface area contributed by atoms with Crippen LogP contribution in [0.3, 0.4) is 0 Å². The molecule has 0 spiro atoms. The lowest BCUT2D eigenvalue weighted by atomic mass is 10.3. The number of hydrogen-bond donors (Lipinski definition) is 0. The largest absolute Gasteiger partial charge is 0.378 e. The van der Waals surface area contributed by atoms with Crippen LogP contribution >= 0.6 is 0 Å². The molecule has 0 unspecified atom stereocenters. The van der Waals surface area contributed by atoms with E-state index in [-0.39, 0.29) is 5.82 Å². The Morgan fingerprint density at radius 2 is 2.31 bits per heavy atom. The number of aromatic nitrogens is 3. The molecule has 2 aromatic heterocycles. The first-order chi connectivity index (χ1) is 7.72. The average Bonchev–Trinajstić information content (AvgIpc) is 2.61. The third-order valence-corrected chi connectivity index (χ3v) is 2.24. The van der Waals surface area contributed by atoms with Crippen LogP contribution in [0.1, 0.15) is 11.3 Å². The molecule has 16 heavy (non-hydrogen) atoms. The van der Waals surface area contributed by atoms with Crippen molar-refractivity contribution in [1.29, 1.82) is 0 Å². The molecular formula is C11H12FN3O. The Bertz CT molecular complexity index is 496. The second-order valence-electron chi connectivity index (χ2n) is 3.45. The molecule has 0 aliphatic rings. The molecule has 2 aromatic rings. The molecule has 2 rings (SSSR count). The molecule has 0 saturated heterocycles. The van der Waals surface area contributed by atoms with E-state index in [1.165, 1.54) is 16.9 Å². The Hall–Kier alpha value is -1.75. The summed E-state index contributed by atoms with van der Waals surface area (Å²) in [7, 11) is 1.60. The number of pyridine rings is 1. The minimum atomic E-state index is -0.394. The van der Waals surface area contributed by atoms with Crippen LogP contribution < -0.4 is 0 Å². The van der Waals surface area contributed by atoms with Crippen LogP contribution in [0, 0.1) is 12.7 Å². The van der Waals surface area contributed by atoms with Crippen molar-refractivity contribution in [3.63, 3.8) is 0 Å². The highest BCUT2D eigenvalue weighted by molar-refractivity contribution is 5.26. The lowest BCUT2D eigenvalue weighted by molar-refractivity contribution is 0.180. The summed E-state index contributed by atoms with van der Waals surface area (Å²) in [5, 5.41) is 4.22. The van der Waals surface area contributed by atoms with Crippen LogP contribution in [0.15, 0.2) is 24.5 Å². The Morgan fingerprint density at radius 1 is 1.50 bits per heavy atom. The van der Waals surface area contributed by atoms with Crippen molar-refractivity contribution in [2.75, 3.05) is 7.11 Å². The number of hydrogen-bond acceptors (Lipinski definition) is 3. The van der Waals surface area contributed by atoms with Gasteiger partial charge in [-0.2, -0.15) is 5.10 Å². The summed E-state index contributed by atoms with van der Waals surface area (Å²) in [6.07, 6.45) is 3.27. The predicted molar refractivity (Wildman–Crippen MR) is 56.8 cm³/mol. The minimum absolute atomic E-state index is 0.202. The summed E-state index contributed by atoms with van der Waals surface area (Å²) in [5.74, 6) is -0.193. The van der Waals surface area contributed by atoms with Crippen molar-refractivity contribution >= 4 is 0 Å². The van der Waals surface area contributed by atoms with E-state index >= 15 is 0 Å². The van der Waals surface area contributed by atoms with Gasteiger partial charge in [0.05, 0.1) is 12.3 Å². The molecule has 0 aliphatic heterocycles. The fourth-order valence-electron chi connectivity index (χ4n) is 1.43. The van der Waals surface area contributed by atoms with E-state index in [4.69, 9.17) is 4.74 Å². The van der Waals surface area contributed by atoms with Gasteiger partial charge in [0.15, 0.2) is 11.6 Å². The molecule has 2 heterocycles. The molecule has 5 heteroatoms. The molecule has 0 amide bonds. The number of halogens is 1. The zero-order chi connectivity index (χ0) is 11.5. The van der Waals surface area contributed by atoms with Crippen molar-refractivity contribution in [2.24, 2.45) is 0 Å². The van der Waals surface area contributed by atoms with Gasteiger partial charge in [-0.3, -0.25) is 0 Å². The maximum absolute atomic E-state index is 13.4. The van der Waals surface area contributed by atoms with Crippen LogP contribution in [-0.2, 0) is 11.3 Å². The highest BCUT2D eigenvalue weighted by Crippen LogP contribution is 2.13. The molecule has 0 radical (unpaired) electrons. The maximum atomic E-state index is 13.4. The van der Waals surface area contributed by atoms with Gasteiger partial charge in [-0.05, 0) is 24.6 Å². The van der Waals surface area contributed by atoms with Crippen molar-refractivity contribution in [2.45, 2.75) is 13.5 Å². The highest BCUT2D eigenvalue weighted by Gasteiger charge is 2.10. The molecule has 84 valence electrons. The Labute approximate surface area is 92.7 Å². The van der Waals surface area contributed by atoms with E-state index in [9.17, 15) is 4.39 Å². The first-order valence-electron chi connectivity index (χ1n) is 4.87. The highest BCUT2D eigenvalue weighted by atomic mass is 19.1. The second-order valence-corrected chi connectivity index (χ2v) is 3.45. The topological polar surface area (TPSA) is 39.9 Å². The van der Waals surface area contributed by atoms with Crippen molar-refractivity contribution in [3.05, 3.63) is 41.6 Å². The van der Waals surface area contributed by atoms with E-state index in [1.807, 2.05) is 6.92 Å². The Balaban J connectivity index is 2.42. The quantitative estimate of drug-likeness (QED) is 0.794. The minimum Gasteiger partial charge on any atom is -0.378 e.